The van der Waals surface area contributed by atoms with E-state index in [1.807, 2.05) is 30.0 Å². The van der Waals surface area contributed by atoms with Crippen molar-refractivity contribution in [2.24, 2.45) is 0 Å². The smallest absolute Gasteiger partial charge is 0.137 e. The first kappa shape index (κ1) is 16.6. The SMILES string of the molecule is COCCNCc1ccc(OCCCSC)c(Cl)c1. The third kappa shape index (κ3) is 7.06. The Morgan fingerprint density at radius 1 is 1.32 bits per heavy atom. The average molecular weight is 304 g/mol. The number of hydrogen-bond acceptors (Lipinski definition) is 4. The third-order valence-electron chi connectivity index (χ3n) is 2.56. The van der Waals surface area contributed by atoms with Gasteiger partial charge in [-0.05, 0) is 36.1 Å². The molecule has 0 heterocycles. The van der Waals surface area contributed by atoms with Crippen molar-refractivity contribution in [3.05, 3.63) is 28.8 Å². The number of halogens is 1. The number of rotatable bonds is 10. The lowest BCUT2D eigenvalue weighted by molar-refractivity contribution is 0.199. The van der Waals surface area contributed by atoms with Crippen molar-refractivity contribution in [3.63, 3.8) is 0 Å². The van der Waals surface area contributed by atoms with Gasteiger partial charge in [0.25, 0.3) is 0 Å². The minimum absolute atomic E-state index is 0.676. The monoisotopic (exact) mass is 303 g/mol. The Morgan fingerprint density at radius 3 is 2.84 bits per heavy atom. The highest BCUT2D eigenvalue weighted by atomic mass is 35.5. The van der Waals surface area contributed by atoms with E-state index in [0.29, 0.717) is 18.2 Å². The van der Waals surface area contributed by atoms with Gasteiger partial charge in [-0.1, -0.05) is 17.7 Å². The molecule has 0 atom stereocenters. The van der Waals surface area contributed by atoms with E-state index in [2.05, 4.69) is 11.6 Å². The summed E-state index contributed by atoms with van der Waals surface area (Å²) in [6, 6.07) is 5.93. The summed E-state index contributed by atoms with van der Waals surface area (Å²) < 4.78 is 10.6. The van der Waals surface area contributed by atoms with Gasteiger partial charge in [-0.2, -0.15) is 11.8 Å². The highest BCUT2D eigenvalue weighted by Crippen LogP contribution is 2.25. The van der Waals surface area contributed by atoms with E-state index in [4.69, 9.17) is 21.1 Å². The number of methoxy groups -OCH3 is 1. The van der Waals surface area contributed by atoms with Crippen LogP contribution in [0.1, 0.15) is 12.0 Å². The highest BCUT2D eigenvalue weighted by molar-refractivity contribution is 7.98. The summed E-state index contributed by atoms with van der Waals surface area (Å²) >= 11 is 8.02. The van der Waals surface area contributed by atoms with Gasteiger partial charge in [0, 0.05) is 20.2 Å². The van der Waals surface area contributed by atoms with Crippen LogP contribution < -0.4 is 10.1 Å². The van der Waals surface area contributed by atoms with E-state index >= 15 is 0 Å². The molecule has 0 aliphatic carbocycles. The summed E-state index contributed by atoms with van der Waals surface area (Å²) in [4.78, 5) is 0. The molecule has 1 aromatic rings. The van der Waals surface area contributed by atoms with Gasteiger partial charge in [-0.25, -0.2) is 0 Å². The maximum atomic E-state index is 6.20. The Morgan fingerprint density at radius 2 is 2.16 bits per heavy atom. The molecule has 0 aliphatic heterocycles. The molecular formula is C14H22ClNO2S. The topological polar surface area (TPSA) is 30.5 Å². The Kier molecular flexibility index (Phi) is 9.08. The predicted octanol–water partition coefficient (Wildman–Crippen LogP) is 3.21. The molecule has 0 amide bonds. The molecule has 5 heteroatoms. The molecule has 1 N–H and O–H groups in total. The Hall–Kier alpha value is -0.420. The van der Waals surface area contributed by atoms with Crippen LogP contribution in [0.15, 0.2) is 18.2 Å². The molecule has 1 aromatic carbocycles. The number of thioether (sulfide) groups is 1. The van der Waals surface area contributed by atoms with Crippen LogP contribution in [0, 0.1) is 0 Å². The Balaban J connectivity index is 2.36. The van der Waals surface area contributed by atoms with Crippen molar-refractivity contribution in [2.45, 2.75) is 13.0 Å². The lowest BCUT2D eigenvalue weighted by atomic mass is 10.2. The zero-order chi connectivity index (χ0) is 13.9. The summed E-state index contributed by atoms with van der Waals surface area (Å²) in [5.74, 6) is 1.88. The van der Waals surface area contributed by atoms with E-state index < -0.39 is 0 Å². The van der Waals surface area contributed by atoms with Crippen LogP contribution >= 0.6 is 23.4 Å². The number of hydrogen-bond donors (Lipinski definition) is 1. The van der Waals surface area contributed by atoms with Crippen molar-refractivity contribution in [1.29, 1.82) is 0 Å². The second-order valence-corrected chi connectivity index (χ2v) is 5.52. The zero-order valence-corrected chi connectivity index (χ0v) is 13.1. The van der Waals surface area contributed by atoms with E-state index in [9.17, 15) is 0 Å². The molecule has 1 rings (SSSR count). The van der Waals surface area contributed by atoms with Crippen LogP contribution in [0.4, 0.5) is 0 Å². The third-order valence-corrected chi connectivity index (χ3v) is 3.55. The molecule has 108 valence electrons. The molecule has 0 aliphatic rings. The first-order valence-electron chi connectivity index (χ1n) is 6.37. The van der Waals surface area contributed by atoms with Crippen LogP contribution in [0.25, 0.3) is 0 Å². The fourth-order valence-corrected chi connectivity index (χ4v) is 2.23. The lowest BCUT2D eigenvalue weighted by Crippen LogP contribution is -2.18. The molecule has 19 heavy (non-hydrogen) atoms. The minimum atomic E-state index is 0.676. The quantitative estimate of drug-likeness (QED) is 0.672. The van der Waals surface area contributed by atoms with Crippen LogP contribution in [0.2, 0.25) is 5.02 Å². The van der Waals surface area contributed by atoms with Crippen molar-refractivity contribution in [2.75, 3.05) is 38.9 Å². The van der Waals surface area contributed by atoms with Gasteiger partial charge < -0.3 is 14.8 Å². The molecule has 0 bridgehead atoms. The Bertz CT molecular complexity index is 363. The van der Waals surface area contributed by atoms with Crippen LogP contribution in [-0.2, 0) is 11.3 Å². The van der Waals surface area contributed by atoms with E-state index in [0.717, 1.165) is 36.6 Å². The van der Waals surface area contributed by atoms with E-state index in [1.54, 1.807) is 7.11 Å². The maximum absolute atomic E-state index is 6.20. The molecular weight excluding hydrogens is 282 g/mol. The Labute approximate surface area is 125 Å². The van der Waals surface area contributed by atoms with Crippen LogP contribution in [0.3, 0.4) is 0 Å². The fraction of sp³-hybridized carbons (Fsp3) is 0.571. The summed E-state index contributed by atoms with van der Waals surface area (Å²) in [7, 11) is 1.70. The van der Waals surface area contributed by atoms with E-state index in [-0.39, 0.29) is 0 Å². The normalized spacial score (nSPS) is 10.7. The predicted molar refractivity (Wildman–Crippen MR) is 83.5 cm³/mol. The van der Waals surface area contributed by atoms with Gasteiger partial charge in [-0.15, -0.1) is 0 Å². The summed E-state index contributed by atoms with van der Waals surface area (Å²) in [5.41, 5.74) is 1.15. The molecule has 3 nitrogen and oxygen atoms in total. The molecule has 0 unspecified atom stereocenters. The average Bonchev–Trinajstić information content (AvgIpc) is 2.42. The van der Waals surface area contributed by atoms with Crippen molar-refractivity contribution < 1.29 is 9.47 Å². The van der Waals surface area contributed by atoms with Gasteiger partial charge in [-0.3, -0.25) is 0 Å². The molecule has 0 aromatic heterocycles. The number of nitrogens with one attached hydrogen (secondary N) is 1. The summed E-state index contributed by atoms with van der Waals surface area (Å²) in [6.07, 6.45) is 3.14. The minimum Gasteiger partial charge on any atom is -0.492 e. The van der Waals surface area contributed by atoms with Gasteiger partial charge in [0.2, 0.25) is 0 Å². The van der Waals surface area contributed by atoms with Gasteiger partial charge >= 0.3 is 0 Å². The second-order valence-electron chi connectivity index (χ2n) is 4.13. The molecule has 0 spiro atoms. The summed E-state index contributed by atoms with van der Waals surface area (Å²) in [6.45, 7) is 3.05. The molecule has 0 saturated carbocycles. The van der Waals surface area contributed by atoms with Gasteiger partial charge in [0.15, 0.2) is 0 Å². The molecule has 0 radical (unpaired) electrons. The van der Waals surface area contributed by atoms with Gasteiger partial charge in [0.1, 0.15) is 5.75 Å². The summed E-state index contributed by atoms with van der Waals surface area (Å²) in [5, 5.41) is 3.96. The van der Waals surface area contributed by atoms with Crippen molar-refractivity contribution in [3.8, 4) is 5.75 Å². The fourth-order valence-electron chi connectivity index (χ4n) is 1.56. The largest absolute Gasteiger partial charge is 0.492 e. The molecule has 0 saturated heterocycles. The number of benzene rings is 1. The highest BCUT2D eigenvalue weighted by Gasteiger charge is 2.03. The standard InChI is InChI=1S/C14H22ClNO2S/c1-17-8-6-16-11-12-4-5-14(13(15)10-12)18-7-3-9-19-2/h4-5,10,16H,3,6-9,11H2,1-2H3. The number of ether oxygens (including phenoxy) is 2. The first-order chi connectivity index (χ1) is 9.27. The lowest BCUT2D eigenvalue weighted by Gasteiger charge is -2.10. The van der Waals surface area contributed by atoms with Crippen molar-refractivity contribution >= 4 is 23.4 Å². The van der Waals surface area contributed by atoms with Crippen LogP contribution in [-0.4, -0.2) is 38.9 Å². The second kappa shape index (κ2) is 10.4. The molecule has 0 fully saturated rings. The van der Waals surface area contributed by atoms with Crippen LogP contribution in [0.5, 0.6) is 5.75 Å². The zero-order valence-electron chi connectivity index (χ0n) is 11.6. The van der Waals surface area contributed by atoms with Gasteiger partial charge in [0.05, 0.1) is 18.2 Å². The van der Waals surface area contributed by atoms with Crippen molar-refractivity contribution in [1.82, 2.24) is 5.32 Å². The van der Waals surface area contributed by atoms with E-state index in [1.165, 1.54) is 0 Å². The first-order valence-corrected chi connectivity index (χ1v) is 8.15. The maximum Gasteiger partial charge on any atom is 0.137 e.